The summed E-state index contributed by atoms with van der Waals surface area (Å²) in [6, 6.07) is 0. The van der Waals surface area contributed by atoms with Crippen LogP contribution in [0, 0.1) is 23.7 Å². The molecular weight excluding hydrogens is 694 g/mol. The van der Waals surface area contributed by atoms with Gasteiger partial charge in [0.15, 0.2) is 0 Å². The fourth-order valence-electron chi connectivity index (χ4n) is 5.29. The first kappa shape index (κ1) is 49.8. The Labute approximate surface area is 326 Å². The van der Waals surface area contributed by atoms with E-state index in [2.05, 4.69) is 43.8 Å². The minimum atomic E-state index is -1.36. The van der Waals surface area contributed by atoms with Crippen LogP contribution in [0.5, 0.6) is 0 Å². The summed E-state index contributed by atoms with van der Waals surface area (Å²) in [5, 5.41) is 20.3. The van der Waals surface area contributed by atoms with Crippen molar-refractivity contribution in [2.45, 2.75) is 213 Å². The van der Waals surface area contributed by atoms with E-state index in [-0.39, 0.29) is 55.3 Å². The van der Waals surface area contributed by atoms with Crippen LogP contribution in [0.2, 0.25) is 0 Å². The van der Waals surface area contributed by atoms with Gasteiger partial charge in [0, 0.05) is 12.4 Å². The zero-order valence-electron chi connectivity index (χ0n) is 30.4. The van der Waals surface area contributed by atoms with E-state index in [1.807, 2.05) is 5.92 Å². The molecule has 46 heavy (non-hydrogen) atoms. The monoisotopic (exact) mass is 764 g/mol. The molecule has 0 atom stereocenters. The van der Waals surface area contributed by atoms with Crippen LogP contribution in [0.4, 0.5) is 0 Å². The smallest absolute Gasteiger partial charge is 0.550 e. The maximum atomic E-state index is 10.2. The fourth-order valence-corrected chi connectivity index (χ4v) is 5.29. The van der Waals surface area contributed by atoms with Crippen molar-refractivity contribution >= 4 is 60.8 Å². The van der Waals surface area contributed by atoms with Gasteiger partial charge in [-0.05, 0) is 62.7 Å². The largest absolute Gasteiger partial charge is 2.00 e. The first-order valence-corrected chi connectivity index (χ1v) is 19.1. The van der Waals surface area contributed by atoms with Crippen LogP contribution < -0.4 is 10.2 Å². The van der Waals surface area contributed by atoms with E-state index >= 15 is 0 Å². The first-order chi connectivity index (χ1) is 22.0. The fraction of sp³-hybridized carbons (Fsp3) is 0.805. The van der Waals surface area contributed by atoms with Gasteiger partial charge in [0.1, 0.15) is 5.97 Å². The van der Waals surface area contributed by atoms with E-state index in [0.717, 1.165) is 32.1 Å². The zero-order valence-corrected chi connectivity index (χ0v) is 34.9. The molecule has 0 bridgehead atoms. The van der Waals surface area contributed by atoms with Crippen molar-refractivity contribution < 1.29 is 19.8 Å². The van der Waals surface area contributed by atoms with Crippen LogP contribution in [0.3, 0.4) is 0 Å². The second-order valence-electron chi connectivity index (χ2n) is 12.6. The standard InChI is InChI=1S/C23H38O2.C18H34O2.Ba/c1-2-3-4-5-6-7-8-9-10-11-12-13-14-15-16-17-18-19-20-21-22-23(24)25;1-2-3-4-5-6-7-8-9-10-11-12-13-14-15-16-17-18(19)20;/h2-18H2,1H3,(H,24,25);9-10H,2-8,11-17H2,1H3,(H,19,20);/q;;+2/p-2. The molecule has 0 aromatic heterocycles. The molecule has 0 unspecified atom stereocenters. The van der Waals surface area contributed by atoms with Gasteiger partial charge in [0.2, 0.25) is 0 Å². The third-order valence-electron chi connectivity index (χ3n) is 8.11. The van der Waals surface area contributed by atoms with Gasteiger partial charge >= 0.3 is 48.9 Å². The minimum Gasteiger partial charge on any atom is -0.550 e. The maximum Gasteiger partial charge on any atom is 2.00 e. The number of allylic oxidation sites excluding steroid dienone is 2. The predicted molar refractivity (Wildman–Crippen MR) is 195 cm³/mol. The van der Waals surface area contributed by atoms with Gasteiger partial charge in [-0.2, -0.15) is 0 Å². The van der Waals surface area contributed by atoms with Gasteiger partial charge < -0.3 is 19.8 Å². The van der Waals surface area contributed by atoms with Crippen LogP contribution in [0.25, 0.3) is 0 Å². The third kappa shape index (κ3) is 52.9. The van der Waals surface area contributed by atoms with Crippen LogP contribution >= 0.6 is 0 Å². The maximum absolute atomic E-state index is 10.2. The number of carbonyl (C=O) groups excluding carboxylic acids is 2. The number of aliphatic carboxylic acids is 2. The summed E-state index contributed by atoms with van der Waals surface area (Å²) in [6.07, 6.45) is 43.5. The molecule has 0 radical (unpaired) electrons. The molecule has 0 saturated carbocycles. The summed E-state index contributed by atoms with van der Waals surface area (Å²) in [5.74, 6) is 7.28. The topological polar surface area (TPSA) is 80.3 Å². The Morgan fingerprint density at radius 3 is 1.20 bits per heavy atom. The van der Waals surface area contributed by atoms with Crippen LogP contribution in [-0.4, -0.2) is 60.8 Å². The molecule has 0 aromatic carbocycles. The van der Waals surface area contributed by atoms with Crippen LogP contribution in [0.15, 0.2) is 12.2 Å². The zero-order chi connectivity index (χ0) is 33.3. The Bertz CT molecular complexity index is 784. The SMILES string of the molecule is CCCCCCCCC=CCCCCCCCC(=O)[O-].CCCCCCCCCCCCCCCCCCC#CC#CC(=O)[O-].[Ba+2]. The number of hydrogen-bond donors (Lipinski definition) is 0. The summed E-state index contributed by atoms with van der Waals surface area (Å²) in [4.78, 5) is 20.3. The normalized spacial score (nSPS) is 10.2. The van der Waals surface area contributed by atoms with Gasteiger partial charge in [0.25, 0.3) is 0 Å². The second kappa shape index (κ2) is 46.5. The number of hydrogen-bond acceptors (Lipinski definition) is 4. The first-order valence-electron chi connectivity index (χ1n) is 19.1. The average Bonchev–Trinajstić information content (AvgIpc) is 3.02. The minimum absolute atomic E-state index is 0. The number of carboxylic acids is 2. The molecule has 4 nitrogen and oxygen atoms in total. The molecular formula is C41H70BaO4. The Morgan fingerprint density at radius 1 is 0.478 bits per heavy atom. The van der Waals surface area contributed by atoms with Crippen molar-refractivity contribution in [3.63, 3.8) is 0 Å². The van der Waals surface area contributed by atoms with Gasteiger partial charge in [0.05, 0.1) is 0 Å². The second-order valence-corrected chi connectivity index (χ2v) is 12.6. The molecule has 260 valence electrons. The van der Waals surface area contributed by atoms with E-state index in [9.17, 15) is 19.8 Å². The van der Waals surface area contributed by atoms with Gasteiger partial charge in [-0.25, -0.2) is 0 Å². The van der Waals surface area contributed by atoms with Gasteiger partial charge in [-0.15, -0.1) is 0 Å². The number of unbranched alkanes of at least 4 members (excludes halogenated alkanes) is 27. The third-order valence-corrected chi connectivity index (χ3v) is 8.11. The number of carboxylic acid groups (broad SMARTS) is 2. The summed E-state index contributed by atoms with van der Waals surface area (Å²) in [5.41, 5.74) is 0. The summed E-state index contributed by atoms with van der Waals surface area (Å²) >= 11 is 0. The molecule has 0 aliphatic heterocycles. The van der Waals surface area contributed by atoms with Crippen LogP contribution in [-0.2, 0) is 9.59 Å². The Morgan fingerprint density at radius 2 is 0.826 bits per heavy atom. The molecule has 0 amide bonds. The van der Waals surface area contributed by atoms with E-state index in [0.29, 0.717) is 0 Å². The Hall–Kier alpha value is -0.629. The van der Waals surface area contributed by atoms with Crippen molar-refractivity contribution in [2.75, 3.05) is 0 Å². The molecule has 0 saturated heterocycles. The van der Waals surface area contributed by atoms with Crippen molar-refractivity contribution in [2.24, 2.45) is 0 Å². The number of carbonyl (C=O) groups is 2. The Balaban J connectivity index is -0.000000806. The predicted octanol–water partition coefficient (Wildman–Crippen LogP) is 9.79. The molecule has 0 aromatic rings. The van der Waals surface area contributed by atoms with Crippen molar-refractivity contribution in [1.29, 1.82) is 0 Å². The quantitative estimate of drug-likeness (QED) is 0.0305. The molecule has 0 heterocycles. The summed E-state index contributed by atoms with van der Waals surface area (Å²) < 4.78 is 0. The van der Waals surface area contributed by atoms with E-state index in [4.69, 9.17) is 0 Å². The summed E-state index contributed by atoms with van der Waals surface area (Å²) in [7, 11) is 0. The molecule has 0 N–H and O–H groups in total. The van der Waals surface area contributed by atoms with Crippen molar-refractivity contribution in [3.8, 4) is 23.7 Å². The van der Waals surface area contributed by atoms with Crippen molar-refractivity contribution in [1.82, 2.24) is 0 Å². The number of rotatable bonds is 31. The van der Waals surface area contributed by atoms with E-state index in [1.165, 1.54) is 161 Å². The molecule has 5 heteroatoms. The van der Waals surface area contributed by atoms with Crippen molar-refractivity contribution in [3.05, 3.63) is 12.2 Å². The Kier molecular flexibility index (Phi) is 50.3. The van der Waals surface area contributed by atoms with Gasteiger partial charge in [-0.1, -0.05) is 180 Å². The summed E-state index contributed by atoms with van der Waals surface area (Å²) in [6.45, 7) is 4.53. The molecule has 0 rings (SSSR count). The van der Waals surface area contributed by atoms with E-state index < -0.39 is 11.9 Å². The van der Waals surface area contributed by atoms with E-state index in [1.54, 1.807) is 0 Å². The van der Waals surface area contributed by atoms with Crippen LogP contribution in [0.1, 0.15) is 213 Å². The van der Waals surface area contributed by atoms with Gasteiger partial charge in [-0.3, -0.25) is 0 Å². The molecule has 0 fully saturated rings. The molecule has 0 spiro atoms. The molecule has 0 aliphatic carbocycles. The molecule has 0 aliphatic rings. The average molecular weight is 764 g/mol.